The first-order chi connectivity index (χ1) is 11.9. The van der Waals surface area contributed by atoms with Crippen molar-refractivity contribution in [3.8, 4) is 17.1 Å². The normalized spacial score (nSPS) is 13.8. The van der Waals surface area contributed by atoms with Crippen LogP contribution in [0.2, 0.25) is 0 Å². The Bertz CT molecular complexity index is 825. The number of rotatable bonds is 5. The van der Waals surface area contributed by atoms with Gasteiger partial charge in [-0.3, -0.25) is 4.79 Å². The van der Waals surface area contributed by atoms with Gasteiger partial charge in [0.2, 0.25) is 0 Å². The third kappa shape index (κ3) is 3.09. The highest BCUT2D eigenvalue weighted by Gasteiger charge is 2.31. The number of carboxylic acid groups (broad SMARTS) is 1. The highest BCUT2D eigenvalue weighted by molar-refractivity contribution is 5.97. The van der Waals surface area contributed by atoms with Gasteiger partial charge >= 0.3 is 5.97 Å². The van der Waals surface area contributed by atoms with Crippen molar-refractivity contribution < 1.29 is 24.0 Å². The van der Waals surface area contributed by atoms with Gasteiger partial charge in [-0.25, -0.2) is 4.79 Å². The number of nitrogens with one attached hydrogen (secondary N) is 1. The summed E-state index contributed by atoms with van der Waals surface area (Å²) in [6.07, 6.45) is 1.33. The Kier molecular flexibility index (Phi) is 4.48. The average molecular weight is 344 g/mol. The first-order valence-corrected chi connectivity index (χ1v) is 8.12. The lowest BCUT2D eigenvalue weighted by molar-refractivity contribution is -0.140. The molecule has 2 N–H and O–H groups in total. The van der Waals surface area contributed by atoms with Crippen LogP contribution in [0.1, 0.15) is 35.5 Å². The fourth-order valence-corrected chi connectivity index (χ4v) is 3.04. The largest absolute Gasteiger partial charge is 0.497 e. The van der Waals surface area contributed by atoms with Crippen molar-refractivity contribution in [3.05, 3.63) is 35.0 Å². The molecule has 0 bridgehead atoms. The van der Waals surface area contributed by atoms with Crippen molar-refractivity contribution in [3.63, 3.8) is 0 Å². The van der Waals surface area contributed by atoms with Gasteiger partial charge < -0.3 is 19.7 Å². The number of methoxy groups -OCH3 is 1. The molecule has 7 heteroatoms. The number of carbonyl (C=O) groups excluding carboxylic acids is 1. The molecule has 1 amide bonds. The first-order valence-electron chi connectivity index (χ1n) is 8.12. The molecule has 1 aromatic heterocycles. The van der Waals surface area contributed by atoms with E-state index in [0.29, 0.717) is 17.7 Å². The molecular weight excluding hydrogens is 324 g/mol. The molecule has 0 aliphatic heterocycles. The summed E-state index contributed by atoms with van der Waals surface area (Å²) >= 11 is 0. The van der Waals surface area contributed by atoms with Gasteiger partial charge in [-0.2, -0.15) is 0 Å². The van der Waals surface area contributed by atoms with Crippen LogP contribution in [0.25, 0.3) is 11.3 Å². The lowest BCUT2D eigenvalue weighted by Gasteiger charge is -2.18. The van der Waals surface area contributed by atoms with Crippen LogP contribution in [0.5, 0.6) is 5.75 Å². The number of nitrogens with zero attached hydrogens (tertiary/aromatic N) is 1. The number of aromatic nitrogens is 1. The highest BCUT2D eigenvalue weighted by atomic mass is 16.5. The third-order valence-electron chi connectivity index (χ3n) is 4.42. The number of carboxylic acids is 1. The number of carbonyl (C=O) groups is 2. The maximum absolute atomic E-state index is 12.5. The molecule has 0 radical (unpaired) electrons. The number of hydrogen-bond donors (Lipinski definition) is 2. The van der Waals surface area contributed by atoms with Gasteiger partial charge in [-0.15, -0.1) is 0 Å². The minimum atomic E-state index is -1.07. The molecule has 1 atom stereocenters. The maximum atomic E-state index is 12.5. The number of amides is 1. The van der Waals surface area contributed by atoms with Crippen molar-refractivity contribution in [2.24, 2.45) is 5.92 Å². The smallest absolute Gasteiger partial charge is 0.326 e. The van der Waals surface area contributed by atoms with Gasteiger partial charge in [0.25, 0.3) is 5.91 Å². The standard InChI is InChI=1S/C18H20N2O5/c1-9(2)14(18(22)23)19-17(21)15-13-6-4-10-8-11(24-3)5-7-12(10)16(13)25-20-15/h5,7-9,14H,4,6H2,1-3H3,(H,19,21)(H,22,23)/t14-/m0/s1. The Hall–Kier alpha value is -2.83. The summed E-state index contributed by atoms with van der Waals surface area (Å²) in [4.78, 5) is 23.8. The summed E-state index contributed by atoms with van der Waals surface area (Å²) in [6.45, 7) is 3.47. The predicted molar refractivity (Wildman–Crippen MR) is 89.6 cm³/mol. The molecule has 132 valence electrons. The Morgan fingerprint density at radius 2 is 2.08 bits per heavy atom. The van der Waals surface area contributed by atoms with Crippen LogP contribution in [0, 0.1) is 5.92 Å². The summed E-state index contributed by atoms with van der Waals surface area (Å²) in [5.41, 5.74) is 2.82. The Morgan fingerprint density at radius 3 is 2.72 bits per heavy atom. The molecule has 3 rings (SSSR count). The van der Waals surface area contributed by atoms with Crippen LogP contribution < -0.4 is 10.1 Å². The van der Waals surface area contributed by atoms with E-state index < -0.39 is 17.9 Å². The van der Waals surface area contributed by atoms with Crippen molar-refractivity contribution in [2.75, 3.05) is 7.11 Å². The lowest BCUT2D eigenvalue weighted by Crippen LogP contribution is -2.44. The Morgan fingerprint density at radius 1 is 1.32 bits per heavy atom. The molecule has 0 fully saturated rings. The van der Waals surface area contributed by atoms with E-state index in [0.717, 1.165) is 23.3 Å². The zero-order valence-corrected chi connectivity index (χ0v) is 14.3. The Labute approximate surface area is 145 Å². The molecule has 1 aliphatic carbocycles. The molecular formula is C18H20N2O5. The number of hydrogen-bond acceptors (Lipinski definition) is 5. The highest BCUT2D eigenvalue weighted by Crippen LogP contribution is 2.37. The van der Waals surface area contributed by atoms with Gasteiger partial charge in [-0.05, 0) is 42.5 Å². The van der Waals surface area contributed by atoms with E-state index in [-0.39, 0.29) is 11.6 Å². The van der Waals surface area contributed by atoms with Gasteiger partial charge in [0.05, 0.1) is 7.11 Å². The molecule has 25 heavy (non-hydrogen) atoms. The zero-order chi connectivity index (χ0) is 18.1. The molecule has 7 nitrogen and oxygen atoms in total. The molecule has 0 saturated heterocycles. The SMILES string of the molecule is COc1ccc2c(c1)CCc1c(C(=O)N[C@H](C(=O)O)C(C)C)noc1-2. The predicted octanol–water partition coefficient (Wildman–Crippen LogP) is 2.29. The van der Waals surface area contributed by atoms with Crippen LogP contribution in [0.3, 0.4) is 0 Å². The first kappa shape index (κ1) is 17.0. The maximum Gasteiger partial charge on any atom is 0.326 e. The molecule has 0 saturated carbocycles. The molecule has 1 heterocycles. The fourth-order valence-electron chi connectivity index (χ4n) is 3.04. The number of aliphatic carboxylic acids is 1. The number of benzene rings is 1. The Balaban J connectivity index is 1.91. The summed E-state index contributed by atoms with van der Waals surface area (Å²) in [7, 11) is 1.61. The van der Waals surface area contributed by atoms with Crippen molar-refractivity contribution >= 4 is 11.9 Å². The second-order valence-electron chi connectivity index (χ2n) is 6.40. The lowest BCUT2D eigenvalue weighted by atomic mass is 9.89. The fraction of sp³-hybridized carbons (Fsp3) is 0.389. The molecule has 0 unspecified atom stereocenters. The van der Waals surface area contributed by atoms with E-state index >= 15 is 0 Å². The van der Waals surface area contributed by atoms with Gasteiger partial charge in [0.15, 0.2) is 11.5 Å². The summed E-state index contributed by atoms with van der Waals surface area (Å²) in [5.74, 6) is -0.509. The topological polar surface area (TPSA) is 102 Å². The van der Waals surface area contributed by atoms with E-state index in [9.17, 15) is 14.7 Å². The molecule has 1 aliphatic rings. The molecule has 1 aromatic carbocycles. The average Bonchev–Trinajstić information content (AvgIpc) is 3.02. The van der Waals surface area contributed by atoms with Crippen LogP contribution >= 0.6 is 0 Å². The quantitative estimate of drug-likeness (QED) is 0.863. The summed E-state index contributed by atoms with van der Waals surface area (Å²) in [5, 5.41) is 15.7. The second kappa shape index (κ2) is 6.58. The summed E-state index contributed by atoms with van der Waals surface area (Å²) in [6, 6.07) is 4.68. The minimum absolute atomic E-state index is 0.156. The van der Waals surface area contributed by atoms with E-state index in [4.69, 9.17) is 9.26 Å². The zero-order valence-electron chi connectivity index (χ0n) is 14.3. The van der Waals surface area contributed by atoms with E-state index in [2.05, 4.69) is 10.5 Å². The van der Waals surface area contributed by atoms with Gasteiger partial charge in [0.1, 0.15) is 11.8 Å². The van der Waals surface area contributed by atoms with Crippen molar-refractivity contribution in [2.45, 2.75) is 32.7 Å². The molecule has 2 aromatic rings. The van der Waals surface area contributed by atoms with Crippen molar-refractivity contribution in [1.29, 1.82) is 0 Å². The van der Waals surface area contributed by atoms with Gasteiger partial charge in [-0.1, -0.05) is 19.0 Å². The van der Waals surface area contributed by atoms with E-state index in [1.54, 1.807) is 21.0 Å². The summed E-state index contributed by atoms with van der Waals surface area (Å²) < 4.78 is 10.6. The monoisotopic (exact) mass is 344 g/mol. The van der Waals surface area contributed by atoms with Crippen LogP contribution in [-0.2, 0) is 17.6 Å². The number of fused-ring (bicyclic) bond motifs is 3. The second-order valence-corrected chi connectivity index (χ2v) is 6.40. The van der Waals surface area contributed by atoms with Crippen LogP contribution in [0.15, 0.2) is 22.7 Å². The van der Waals surface area contributed by atoms with E-state index in [1.165, 1.54) is 0 Å². The van der Waals surface area contributed by atoms with Crippen LogP contribution in [0.4, 0.5) is 0 Å². The third-order valence-corrected chi connectivity index (χ3v) is 4.42. The number of aryl methyl sites for hydroxylation is 1. The molecule has 0 spiro atoms. The van der Waals surface area contributed by atoms with E-state index in [1.807, 2.05) is 18.2 Å². The minimum Gasteiger partial charge on any atom is -0.497 e. The number of ether oxygens (including phenoxy) is 1. The van der Waals surface area contributed by atoms with Crippen molar-refractivity contribution in [1.82, 2.24) is 10.5 Å². The van der Waals surface area contributed by atoms with Crippen LogP contribution in [-0.4, -0.2) is 35.3 Å². The van der Waals surface area contributed by atoms with Gasteiger partial charge in [0, 0.05) is 11.1 Å².